The smallest absolute Gasteiger partial charge is 0.407 e. The molecule has 0 aromatic heterocycles. The topological polar surface area (TPSA) is 38.3 Å². The Labute approximate surface area is 99.9 Å². The third-order valence-corrected chi connectivity index (χ3v) is 2.53. The Hall–Kier alpha value is -0.730. The van der Waals surface area contributed by atoms with Crippen LogP contribution in [0.1, 0.15) is 65.2 Å². The molecule has 0 aliphatic heterocycles. The van der Waals surface area contributed by atoms with Gasteiger partial charge in [0.2, 0.25) is 0 Å². The Morgan fingerprint density at radius 3 is 2.25 bits per heavy atom. The highest BCUT2D eigenvalue weighted by molar-refractivity contribution is 5.66. The quantitative estimate of drug-likeness (QED) is 0.577. The molecular formula is C13H27NO2. The first-order valence-electron chi connectivity index (χ1n) is 6.71. The Bertz CT molecular complexity index is 160. The summed E-state index contributed by atoms with van der Waals surface area (Å²) in [5, 5.41) is 2.78. The van der Waals surface area contributed by atoms with Crippen LogP contribution in [0.25, 0.3) is 0 Å². The molecule has 0 aliphatic carbocycles. The number of hydrogen-bond donors (Lipinski definition) is 1. The number of carbonyl (C=O) groups is 1. The third-order valence-electron chi connectivity index (χ3n) is 2.53. The maximum absolute atomic E-state index is 11.2. The van der Waals surface area contributed by atoms with Crippen LogP contribution in [0.2, 0.25) is 0 Å². The second kappa shape index (κ2) is 12.3. The lowest BCUT2D eigenvalue weighted by Gasteiger charge is -2.06. The maximum Gasteiger partial charge on any atom is 0.407 e. The van der Waals surface area contributed by atoms with Gasteiger partial charge in [-0.15, -0.1) is 0 Å². The van der Waals surface area contributed by atoms with Crippen molar-refractivity contribution < 1.29 is 9.53 Å². The molecule has 0 aromatic rings. The number of unbranched alkanes of at least 4 members (excludes halogenated alkanes) is 6. The molecule has 0 aromatic carbocycles. The summed E-state index contributed by atoms with van der Waals surface area (Å²) in [6.45, 7) is 5.63. The molecule has 0 atom stereocenters. The molecule has 0 saturated carbocycles. The van der Waals surface area contributed by atoms with Gasteiger partial charge in [0.25, 0.3) is 0 Å². The first-order valence-corrected chi connectivity index (χ1v) is 6.71. The molecule has 0 spiro atoms. The number of carbonyl (C=O) groups excluding carboxylic acids is 1. The van der Waals surface area contributed by atoms with Crippen LogP contribution in [0.5, 0.6) is 0 Å². The average Bonchev–Trinajstić information content (AvgIpc) is 2.29. The van der Waals surface area contributed by atoms with Crippen molar-refractivity contribution in [2.45, 2.75) is 65.2 Å². The molecule has 0 rings (SSSR count). The van der Waals surface area contributed by atoms with Crippen LogP contribution in [-0.2, 0) is 4.74 Å². The molecule has 0 heterocycles. The zero-order valence-corrected chi connectivity index (χ0v) is 10.9. The zero-order valence-electron chi connectivity index (χ0n) is 10.9. The predicted molar refractivity (Wildman–Crippen MR) is 67.6 cm³/mol. The molecule has 3 heteroatoms. The summed E-state index contributed by atoms with van der Waals surface area (Å²) in [6, 6.07) is 0. The van der Waals surface area contributed by atoms with Gasteiger partial charge in [0.1, 0.15) is 0 Å². The number of nitrogens with one attached hydrogen (secondary N) is 1. The van der Waals surface area contributed by atoms with E-state index >= 15 is 0 Å². The highest BCUT2D eigenvalue weighted by atomic mass is 16.5. The van der Waals surface area contributed by atoms with E-state index in [0.29, 0.717) is 6.61 Å². The van der Waals surface area contributed by atoms with Crippen LogP contribution >= 0.6 is 0 Å². The van der Waals surface area contributed by atoms with Crippen molar-refractivity contribution in [3.63, 3.8) is 0 Å². The molecule has 1 N–H and O–H groups in total. The highest BCUT2D eigenvalue weighted by Crippen LogP contribution is 2.01. The molecule has 0 radical (unpaired) electrons. The van der Waals surface area contributed by atoms with Crippen LogP contribution in [0.3, 0.4) is 0 Å². The lowest BCUT2D eigenvalue weighted by molar-refractivity contribution is 0.144. The molecule has 0 bridgehead atoms. The zero-order chi connectivity index (χ0) is 12.1. The van der Waals surface area contributed by atoms with Gasteiger partial charge in [0.15, 0.2) is 0 Å². The van der Waals surface area contributed by atoms with E-state index in [9.17, 15) is 4.79 Å². The molecule has 3 nitrogen and oxygen atoms in total. The summed E-state index contributed by atoms with van der Waals surface area (Å²) in [5.41, 5.74) is 0. The van der Waals surface area contributed by atoms with E-state index in [0.717, 1.165) is 32.2 Å². The maximum atomic E-state index is 11.2. The number of ether oxygens (including phenoxy) is 1. The molecule has 0 aliphatic rings. The second-order valence-corrected chi connectivity index (χ2v) is 4.18. The molecule has 0 saturated heterocycles. The minimum absolute atomic E-state index is 0.258. The van der Waals surface area contributed by atoms with Gasteiger partial charge in [-0.25, -0.2) is 4.79 Å². The fourth-order valence-corrected chi connectivity index (χ4v) is 1.49. The third kappa shape index (κ3) is 11.3. The molecule has 0 fully saturated rings. The molecule has 96 valence electrons. The van der Waals surface area contributed by atoms with Gasteiger partial charge in [-0.2, -0.15) is 0 Å². The van der Waals surface area contributed by atoms with E-state index in [4.69, 9.17) is 4.74 Å². The van der Waals surface area contributed by atoms with Crippen molar-refractivity contribution in [3.8, 4) is 0 Å². The molecule has 16 heavy (non-hydrogen) atoms. The summed E-state index contributed by atoms with van der Waals surface area (Å²) in [5.74, 6) is 0. The standard InChI is InChI=1S/C13H27NO2/c1-3-5-7-8-9-11-14-13(15)16-12-10-6-4-2/h3-12H2,1-2H3,(H,14,15). The summed E-state index contributed by atoms with van der Waals surface area (Å²) in [4.78, 5) is 11.2. The van der Waals surface area contributed by atoms with Crippen LogP contribution in [0.4, 0.5) is 4.79 Å². The lowest BCUT2D eigenvalue weighted by Crippen LogP contribution is -2.25. The lowest BCUT2D eigenvalue weighted by atomic mass is 10.1. The highest BCUT2D eigenvalue weighted by Gasteiger charge is 1.99. The first kappa shape index (κ1) is 15.3. The van der Waals surface area contributed by atoms with E-state index in [-0.39, 0.29) is 6.09 Å². The van der Waals surface area contributed by atoms with E-state index in [1.165, 1.54) is 25.7 Å². The van der Waals surface area contributed by atoms with Crippen molar-refractivity contribution in [2.24, 2.45) is 0 Å². The van der Waals surface area contributed by atoms with Crippen molar-refractivity contribution in [1.82, 2.24) is 5.32 Å². The Morgan fingerprint density at radius 2 is 1.56 bits per heavy atom. The van der Waals surface area contributed by atoms with Gasteiger partial charge < -0.3 is 10.1 Å². The largest absolute Gasteiger partial charge is 0.450 e. The average molecular weight is 229 g/mol. The Morgan fingerprint density at radius 1 is 0.938 bits per heavy atom. The number of hydrogen-bond acceptors (Lipinski definition) is 2. The van der Waals surface area contributed by atoms with E-state index < -0.39 is 0 Å². The van der Waals surface area contributed by atoms with Crippen LogP contribution in [-0.4, -0.2) is 19.2 Å². The van der Waals surface area contributed by atoms with Crippen LogP contribution in [0, 0.1) is 0 Å². The number of rotatable bonds is 10. The van der Waals surface area contributed by atoms with E-state index in [1.54, 1.807) is 0 Å². The molecule has 0 unspecified atom stereocenters. The van der Waals surface area contributed by atoms with Gasteiger partial charge >= 0.3 is 6.09 Å². The van der Waals surface area contributed by atoms with Crippen molar-refractivity contribution in [2.75, 3.05) is 13.2 Å². The summed E-state index contributed by atoms with van der Waals surface area (Å²) < 4.78 is 5.02. The van der Waals surface area contributed by atoms with E-state index in [1.807, 2.05) is 0 Å². The summed E-state index contributed by atoms with van der Waals surface area (Å²) in [7, 11) is 0. The minimum Gasteiger partial charge on any atom is -0.450 e. The number of alkyl carbamates (subject to hydrolysis) is 1. The Kier molecular flexibility index (Phi) is 11.8. The second-order valence-electron chi connectivity index (χ2n) is 4.18. The van der Waals surface area contributed by atoms with E-state index in [2.05, 4.69) is 19.2 Å². The first-order chi connectivity index (χ1) is 7.81. The number of amides is 1. The fraction of sp³-hybridized carbons (Fsp3) is 0.923. The van der Waals surface area contributed by atoms with Crippen molar-refractivity contribution >= 4 is 6.09 Å². The van der Waals surface area contributed by atoms with Gasteiger partial charge in [0, 0.05) is 6.54 Å². The van der Waals surface area contributed by atoms with Crippen molar-refractivity contribution in [3.05, 3.63) is 0 Å². The Balaban J connectivity index is 3.11. The minimum atomic E-state index is -0.258. The van der Waals surface area contributed by atoms with Gasteiger partial charge in [-0.3, -0.25) is 0 Å². The SMILES string of the molecule is CCCCCCCNC(=O)OCCCCC. The van der Waals surface area contributed by atoms with Gasteiger partial charge in [-0.1, -0.05) is 52.4 Å². The monoisotopic (exact) mass is 229 g/mol. The summed E-state index contributed by atoms with van der Waals surface area (Å²) in [6.07, 6.45) is 9.07. The van der Waals surface area contributed by atoms with Crippen LogP contribution in [0.15, 0.2) is 0 Å². The van der Waals surface area contributed by atoms with Crippen LogP contribution < -0.4 is 5.32 Å². The predicted octanol–water partition coefficient (Wildman–Crippen LogP) is 3.87. The fourth-order valence-electron chi connectivity index (χ4n) is 1.49. The van der Waals surface area contributed by atoms with Gasteiger partial charge in [-0.05, 0) is 12.8 Å². The molecule has 1 amide bonds. The normalized spacial score (nSPS) is 10.1. The van der Waals surface area contributed by atoms with Gasteiger partial charge in [0.05, 0.1) is 6.61 Å². The van der Waals surface area contributed by atoms with Crippen molar-refractivity contribution in [1.29, 1.82) is 0 Å². The summed E-state index contributed by atoms with van der Waals surface area (Å²) >= 11 is 0. The molecular weight excluding hydrogens is 202 g/mol.